The van der Waals surface area contributed by atoms with Crippen molar-refractivity contribution >= 4 is 17.5 Å². The lowest BCUT2D eigenvalue weighted by Crippen LogP contribution is -2.45. The van der Waals surface area contributed by atoms with Gasteiger partial charge in [0, 0.05) is 32.7 Å². The van der Waals surface area contributed by atoms with E-state index in [9.17, 15) is 4.79 Å². The molecular formula is C18H28ClN3O2. The number of halogens is 1. The number of rotatable bonds is 8. The van der Waals surface area contributed by atoms with Crippen LogP contribution in [0, 0.1) is 0 Å². The van der Waals surface area contributed by atoms with Crippen molar-refractivity contribution in [1.29, 1.82) is 0 Å². The number of piperazine rings is 1. The Morgan fingerprint density at radius 2 is 2.00 bits per heavy atom. The molecule has 0 spiro atoms. The lowest BCUT2D eigenvalue weighted by Gasteiger charge is -2.32. The molecule has 134 valence electrons. The number of likely N-dealkylation sites (N-methyl/N-ethyl adjacent to an activating group) is 1. The van der Waals surface area contributed by atoms with E-state index in [0.717, 1.165) is 39.1 Å². The average molecular weight is 354 g/mol. The first-order valence-electron chi connectivity index (χ1n) is 8.70. The molecule has 1 aliphatic heterocycles. The van der Waals surface area contributed by atoms with Crippen LogP contribution in [0.25, 0.3) is 0 Å². The molecule has 1 amide bonds. The van der Waals surface area contributed by atoms with E-state index < -0.39 is 6.10 Å². The van der Waals surface area contributed by atoms with Crippen molar-refractivity contribution in [1.82, 2.24) is 15.1 Å². The predicted octanol–water partition coefficient (Wildman–Crippen LogP) is 2.25. The molecule has 5 nitrogen and oxygen atoms in total. The first-order chi connectivity index (χ1) is 11.6. The van der Waals surface area contributed by atoms with Crippen molar-refractivity contribution in [2.24, 2.45) is 0 Å². The van der Waals surface area contributed by atoms with Crippen LogP contribution in [0.3, 0.4) is 0 Å². The second-order valence-corrected chi connectivity index (χ2v) is 6.64. The molecular weight excluding hydrogens is 326 g/mol. The highest BCUT2D eigenvalue weighted by molar-refractivity contribution is 6.32. The van der Waals surface area contributed by atoms with Gasteiger partial charge in [-0.1, -0.05) is 30.7 Å². The van der Waals surface area contributed by atoms with Crippen LogP contribution in [0.15, 0.2) is 24.3 Å². The molecule has 0 aliphatic carbocycles. The minimum Gasteiger partial charge on any atom is -0.479 e. The summed E-state index contributed by atoms with van der Waals surface area (Å²) in [6, 6.07) is 7.24. The number of ether oxygens (including phenoxy) is 1. The summed E-state index contributed by atoms with van der Waals surface area (Å²) in [5.74, 6) is 0.481. The maximum Gasteiger partial charge on any atom is 0.261 e. The molecule has 1 aromatic carbocycles. The number of para-hydroxylation sites is 1. The van der Waals surface area contributed by atoms with Crippen molar-refractivity contribution in [2.75, 3.05) is 46.3 Å². The number of hydrogen-bond acceptors (Lipinski definition) is 4. The van der Waals surface area contributed by atoms with Crippen LogP contribution in [0.2, 0.25) is 5.02 Å². The molecule has 1 aromatic rings. The van der Waals surface area contributed by atoms with Crippen molar-refractivity contribution in [3.05, 3.63) is 29.3 Å². The van der Waals surface area contributed by atoms with E-state index in [4.69, 9.17) is 16.3 Å². The Kier molecular flexibility index (Phi) is 7.82. The van der Waals surface area contributed by atoms with Crippen LogP contribution in [0.1, 0.15) is 19.8 Å². The van der Waals surface area contributed by atoms with Gasteiger partial charge in [0.2, 0.25) is 0 Å². The van der Waals surface area contributed by atoms with Gasteiger partial charge in [0.25, 0.3) is 5.91 Å². The molecule has 0 radical (unpaired) electrons. The summed E-state index contributed by atoms with van der Waals surface area (Å²) in [6.45, 7) is 8.09. The molecule has 0 unspecified atom stereocenters. The number of hydrogen-bond donors (Lipinski definition) is 1. The van der Waals surface area contributed by atoms with Gasteiger partial charge in [0.05, 0.1) is 5.02 Å². The lowest BCUT2D eigenvalue weighted by atomic mass is 10.2. The Labute approximate surface area is 149 Å². The Balaban J connectivity index is 1.69. The number of carbonyl (C=O) groups excluding carboxylic acids is 1. The molecule has 1 aliphatic rings. The van der Waals surface area contributed by atoms with Gasteiger partial charge in [-0.2, -0.15) is 0 Å². The van der Waals surface area contributed by atoms with Crippen LogP contribution in [0.4, 0.5) is 0 Å². The van der Waals surface area contributed by atoms with E-state index in [2.05, 4.69) is 22.2 Å². The summed E-state index contributed by atoms with van der Waals surface area (Å²) in [5.41, 5.74) is 0. The number of nitrogens with zero attached hydrogens (tertiary/aromatic N) is 2. The topological polar surface area (TPSA) is 44.8 Å². The van der Waals surface area contributed by atoms with Crippen molar-refractivity contribution < 1.29 is 9.53 Å². The quantitative estimate of drug-likeness (QED) is 0.728. The monoisotopic (exact) mass is 353 g/mol. The highest BCUT2D eigenvalue weighted by atomic mass is 35.5. The molecule has 6 heteroatoms. The van der Waals surface area contributed by atoms with Gasteiger partial charge >= 0.3 is 0 Å². The SMILES string of the molecule is CC[C@H](Oc1ccccc1Cl)C(=O)NCCCN1CCN(C)CC1. The zero-order chi connectivity index (χ0) is 17.4. The first kappa shape index (κ1) is 19.0. The van der Waals surface area contributed by atoms with Gasteiger partial charge in [-0.15, -0.1) is 0 Å². The normalized spacial score (nSPS) is 17.5. The van der Waals surface area contributed by atoms with E-state index in [-0.39, 0.29) is 5.91 Å². The zero-order valence-electron chi connectivity index (χ0n) is 14.6. The minimum absolute atomic E-state index is 0.0733. The second kappa shape index (κ2) is 9.87. The van der Waals surface area contributed by atoms with Crippen LogP contribution in [0.5, 0.6) is 5.75 Å². The Morgan fingerprint density at radius 3 is 2.67 bits per heavy atom. The van der Waals surface area contributed by atoms with Gasteiger partial charge in [0.15, 0.2) is 6.10 Å². The van der Waals surface area contributed by atoms with E-state index in [1.54, 1.807) is 12.1 Å². The number of carbonyl (C=O) groups is 1. The maximum absolute atomic E-state index is 12.3. The molecule has 1 atom stereocenters. The van der Waals surface area contributed by atoms with Crippen LogP contribution < -0.4 is 10.1 Å². The van der Waals surface area contributed by atoms with E-state index in [1.165, 1.54) is 0 Å². The molecule has 1 saturated heterocycles. The molecule has 0 bridgehead atoms. The number of amides is 1. The van der Waals surface area contributed by atoms with Gasteiger partial charge in [-0.25, -0.2) is 0 Å². The molecule has 24 heavy (non-hydrogen) atoms. The molecule has 1 N–H and O–H groups in total. The number of benzene rings is 1. The predicted molar refractivity (Wildman–Crippen MR) is 97.7 cm³/mol. The van der Waals surface area contributed by atoms with E-state index in [1.807, 2.05) is 19.1 Å². The summed E-state index contributed by atoms with van der Waals surface area (Å²) < 4.78 is 5.76. The van der Waals surface area contributed by atoms with Crippen molar-refractivity contribution in [2.45, 2.75) is 25.9 Å². The summed E-state index contributed by atoms with van der Waals surface area (Å²) in [4.78, 5) is 17.1. The summed E-state index contributed by atoms with van der Waals surface area (Å²) in [5, 5.41) is 3.50. The molecule has 0 saturated carbocycles. The average Bonchev–Trinajstić information content (AvgIpc) is 2.59. The number of nitrogens with one attached hydrogen (secondary N) is 1. The van der Waals surface area contributed by atoms with Crippen LogP contribution in [-0.4, -0.2) is 68.1 Å². The van der Waals surface area contributed by atoms with E-state index >= 15 is 0 Å². The van der Waals surface area contributed by atoms with Gasteiger partial charge in [0.1, 0.15) is 5.75 Å². The fourth-order valence-corrected chi connectivity index (χ4v) is 2.90. The molecule has 1 heterocycles. The lowest BCUT2D eigenvalue weighted by molar-refractivity contribution is -0.128. The molecule has 2 rings (SSSR count). The van der Waals surface area contributed by atoms with Crippen LogP contribution >= 0.6 is 11.6 Å². The van der Waals surface area contributed by atoms with Crippen molar-refractivity contribution in [3.8, 4) is 5.75 Å². The highest BCUT2D eigenvalue weighted by Crippen LogP contribution is 2.24. The standard InChI is InChI=1S/C18H28ClN3O2/c1-3-16(24-17-8-5-4-7-15(17)19)18(23)20-9-6-10-22-13-11-21(2)12-14-22/h4-5,7-8,16H,3,6,9-14H2,1-2H3,(H,20,23)/t16-/m0/s1. The smallest absolute Gasteiger partial charge is 0.261 e. The van der Waals surface area contributed by atoms with Gasteiger partial charge in [-0.3, -0.25) is 4.79 Å². The largest absolute Gasteiger partial charge is 0.479 e. The Bertz CT molecular complexity index is 519. The van der Waals surface area contributed by atoms with Gasteiger partial charge in [-0.05, 0) is 38.6 Å². The van der Waals surface area contributed by atoms with E-state index in [0.29, 0.717) is 23.7 Å². The maximum atomic E-state index is 12.3. The minimum atomic E-state index is -0.506. The molecule has 1 fully saturated rings. The Morgan fingerprint density at radius 1 is 1.29 bits per heavy atom. The Hall–Kier alpha value is -1.30. The summed E-state index contributed by atoms with van der Waals surface area (Å²) >= 11 is 6.09. The summed E-state index contributed by atoms with van der Waals surface area (Å²) in [6.07, 6.45) is 1.06. The first-order valence-corrected chi connectivity index (χ1v) is 9.07. The second-order valence-electron chi connectivity index (χ2n) is 6.23. The highest BCUT2D eigenvalue weighted by Gasteiger charge is 2.19. The third-order valence-corrected chi connectivity index (χ3v) is 4.63. The fraction of sp³-hybridized carbons (Fsp3) is 0.611. The third-order valence-electron chi connectivity index (χ3n) is 4.32. The zero-order valence-corrected chi connectivity index (χ0v) is 15.4. The summed E-state index contributed by atoms with van der Waals surface area (Å²) in [7, 11) is 2.15. The van der Waals surface area contributed by atoms with Crippen molar-refractivity contribution in [3.63, 3.8) is 0 Å². The molecule has 0 aromatic heterocycles. The van der Waals surface area contributed by atoms with Crippen LogP contribution in [-0.2, 0) is 4.79 Å². The fourth-order valence-electron chi connectivity index (χ4n) is 2.72. The van der Waals surface area contributed by atoms with Gasteiger partial charge < -0.3 is 19.9 Å². The third kappa shape index (κ3) is 5.96.